The molecule has 1 aliphatic rings. The molecule has 0 aliphatic carbocycles. The summed E-state index contributed by atoms with van der Waals surface area (Å²) in [5.74, 6) is -0.913. The van der Waals surface area contributed by atoms with Crippen molar-refractivity contribution >= 4 is 5.97 Å². The maximum atomic E-state index is 10.4. The van der Waals surface area contributed by atoms with Gasteiger partial charge in [-0.05, 0) is 19.4 Å². The van der Waals surface area contributed by atoms with E-state index >= 15 is 0 Å². The lowest BCUT2D eigenvalue weighted by atomic mass is 9.99. The van der Waals surface area contributed by atoms with Gasteiger partial charge >= 0.3 is 5.97 Å². The quantitative estimate of drug-likeness (QED) is 0.508. The van der Waals surface area contributed by atoms with Crippen molar-refractivity contribution in [3.63, 3.8) is 0 Å². The first-order valence-electron chi connectivity index (χ1n) is 3.93. The van der Waals surface area contributed by atoms with Crippen molar-refractivity contribution in [1.29, 1.82) is 0 Å². The van der Waals surface area contributed by atoms with Gasteiger partial charge in [0.25, 0.3) is 0 Å². The number of carboxylic acids is 1. The Morgan fingerprint density at radius 1 is 1.64 bits per heavy atom. The van der Waals surface area contributed by atoms with Crippen LogP contribution < -0.4 is 11.1 Å². The summed E-state index contributed by atoms with van der Waals surface area (Å²) >= 11 is 0. The molecule has 0 unspecified atom stereocenters. The van der Waals surface area contributed by atoms with Gasteiger partial charge in [-0.3, -0.25) is 4.79 Å². The van der Waals surface area contributed by atoms with Gasteiger partial charge in [-0.25, -0.2) is 0 Å². The van der Waals surface area contributed by atoms with Crippen LogP contribution >= 0.6 is 0 Å². The molecule has 64 valence electrons. The van der Waals surface area contributed by atoms with E-state index in [0.29, 0.717) is 0 Å². The SMILES string of the molecule is N[C@@H](C(=O)O)[C@@H]1CCCCN1. The summed E-state index contributed by atoms with van der Waals surface area (Å²) in [6.07, 6.45) is 3.09. The van der Waals surface area contributed by atoms with Crippen molar-refractivity contribution in [2.75, 3.05) is 6.54 Å². The molecule has 0 saturated carbocycles. The van der Waals surface area contributed by atoms with Crippen molar-refractivity contribution in [3.05, 3.63) is 0 Å². The van der Waals surface area contributed by atoms with Crippen LogP contribution in [0.2, 0.25) is 0 Å². The summed E-state index contributed by atoms with van der Waals surface area (Å²) in [5, 5.41) is 11.7. The normalized spacial score (nSPS) is 27.9. The van der Waals surface area contributed by atoms with E-state index in [2.05, 4.69) is 5.32 Å². The molecule has 1 aliphatic heterocycles. The molecule has 4 nitrogen and oxygen atoms in total. The zero-order chi connectivity index (χ0) is 8.27. The minimum absolute atomic E-state index is 0.0266. The molecule has 0 aromatic rings. The molecule has 11 heavy (non-hydrogen) atoms. The number of hydrogen-bond acceptors (Lipinski definition) is 3. The summed E-state index contributed by atoms with van der Waals surface area (Å²) in [7, 11) is 0. The number of carbonyl (C=O) groups is 1. The number of piperidine rings is 1. The van der Waals surface area contributed by atoms with E-state index in [0.717, 1.165) is 25.8 Å². The molecule has 1 rings (SSSR count). The Morgan fingerprint density at radius 3 is 2.82 bits per heavy atom. The number of nitrogens with one attached hydrogen (secondary N) is 1. The van der Waals surface area contributed by atoms with E-state index in [4.69, 9.17) is 10.8 Å². The van der Waals surface area contributed by atoms with Crippen LogP contribution in [-0.4, -0.2) is 29.7 Å². The van der Waals surface area contributed by atoms with Gasteiger partial charge in [0.05, 0.1) is 0 Å². The maximum absolute atomic E-state index is 10.4. The van der Waals surface area contributed by atoms with Crippen LogP contribution in [0.25, 0.3) is 0 Å². The van der Waals surface area contributed by atoms with Gasteiger partial charge in [-0.1, -0.05) is 6.42 Å². The van der Waals surface area contributed by atoms with Gasteiger partial charge in [-0.2, -0.15) is 0 Å². The van der Waals surface area contributed by atoms with Crippen molar-refractivity contribution < 1.29 is 9.90 Å². The molecule has 0 spiro atoms. The average Bonchev–Trinajstić information content (AvgIpc) is 2.05. The first kappa shape index (κ1) is 8.49. The Kier molecular flexibility index (Phi) is 2.84. The molecule has 2 atom stereocenters. The predicted octanol–water partition coefficient (Wildman–Crippen LogP) is -0.460. The summed E-state index contributed by atoms with van der Waals surface area (Å²) in [4.78, 5) is 10.4. The minimum Gasteiger partial charge on any atom is -0.480 e. The molecule has 0 aromatic carbocycles. The van der Waals surface area contributed by atoms with Gasteiger partial charge in [0.15, 0.2) is 0 Å². The van der Waals surface area contributed by atoms with Gasteiger partial charge in [0.1, 0.15) is 6.04 Å². The fourth-order valence-corrected chi connectivity index (χ4v) is 1.36. The zero-order valence-electron chi connectivity index (χ0n) is 6.42. The van der Waals surface area contributed by atoms with Gasteiger partial charge in [0, 0.05) is 6.04 Å². The number of aliphatic carboxylic acids is 1. The molecule has 1 fully saturated rings. The smallest absolute Gasteiger partial charge is 0.322 e. The van der Waals surface area contributed by atoms with Crippen molar-refractivity contribution in [3.8, 4) is 0 Å². The Balaban J connectivity index is 2.38. The topological polar surface area (TPSA) is 75.4 Å². The van der Waals surface area contributed by atoms with Crippen molar-refractivity contribution in [1.82, 2.24) is 5.32 Å². The Hall–Kier alpha value is -0.610. The van der Waals surface area contributed by atoms with Crippen LogP contribution in [0, 0.1) is 0 Å². The maximum Gasteiger partial charge on any atom is 0.322 e. The second-order valence-corrected chi connectivity index (χ2v) is 2.92. The molecular weight excluding hydrogens is 144 g/mol. The lowest BCUT2D eigenvalue weighted by Crippen LogP contribution is -2.51. The fourth-order valence-electron chi connectivity index (χ4n) is 1.36. The summed E-state index contributed by atoms with van der Waals surface area (Å²) in [6.45, 7) is 0.894. The molecule has 0 aromatic heterocycles. The van der Waals surface area contributed by atoms with Crippen LogP contribution in [0.15, 0.2) is 0 Å². The number of rotatable bonds is 2. The van der Waals surface area contributed by atoms with Crippen LogP contribution in [0.5, 0.6) is 0 Å². The van der Waals surface area contributed by atoms with E-state index in [-0.39, 0.29) is 6.04 Å². The zero-order valence-corrected chi connectivity index (χ0v) is 6.42. The summed E-state index contributed by atoms with van der Waals surface area (Å²) in [5.41, 5.74) is 5.43. The highest BCUT2D eigenvalue weighted by Crippen LogP contribution is 2.08. The van der Waals surface area contributed by atoms with E-state index in [1.165, 1.54) is 0 Å². The highest BCUT2D eigenvalue weighted by atomic mass is 16.4. The van der Waals surface area contributed by atoms with Crippen LogP contribution in [0.4, 0.5) is 0 Å². The molecule has 1 saturated heterocycles. The number of hydrogen-bond donors (Lipinski definition) is 3. The largest absolute Gasteiger partial charge is 0.480 e. The third-order valence-corrected chi connectivity index (χ3v) is 2.07. The molecule has 0 amide bonds. The highest BCUT2D eigenvalue weighted by molar-refractivity contribution is 5.74. The lowest BCUT2D eigenvalue weighted by molar-refractivity contribution is -0.139. The lowest BCUT2D eigenvalue weighted by Gasteiger charge is -2.26. The van der Waals surface area contributed by atoms with E-state index < -0.39 is 12.0 Å². The molecule has 0 bridgehead atoms. The molecule has 4 heteroatoms. The highest BCUT2D eigenvalue weighted by Gasteiger charge is 2.24. The Labute approximate surface area is 65.8 Å². The Bertz CT molecular complexity index is 143. The van der Waals surface area contributed by atoms with Gasteiger partial charge < -0.3 is 16.2 Å². The predicted molar refractivity (Wildman–Crippen MR) is 41.3 cm³/mol. The summed E-state index contributed by atoms with van der Waals surface area (Å²) < 4.78 is 0. The van der Waals surface area contributed by atoms with Crippen LogP contribution in [-0.2, 0) is 4.79 Å². The second kappa shape index (κ2) is 3.69. The molecule has 0 radical (unpaired) electrons. The van der Waals surface area contributed by atoms with Gasteiger partial charge in [0.2, 0.25) is 0 Å². The van der Waals surface area contributed by atoms with E-state index in [1.54, 1.807) is 0 Å². The monoisotopic (exact) mass is 158 g/mol. The van der Waals surface area contributed by atoms with Crippen molar-refractivity contribution in [2.24, 2.45) is 5.73 Å². The third kappa shape index (κ3) is 2.17. The van der Waals surface area contributed by atoms with Crippen LogP contribution in [0.1, 0.15) is 19.3 Å². The van der Waals surface area contributed by atoms with Crippen molar-refractivity contribution in [2.45, 2.75) is 31.3 Å². The van der Waals surface area contributed by atoms with E-state index in [1.807, 2.05) is 0 Å². The number of nitrogens with two attached hydrogens (primary N) is 1. The third-order valence-electron chi connectivity index (χ3n) is 2.07. The molecular formula is C7H14N2O2. The first-order chi connectivity index (χ1) is 5.22. The molecule has 1 heterocycles. The second-order valence-electron chi connectivity index (χ2n) is 2.92. The number of carboxylic acid groups (broad SMARTS) is 1. The van der Waals surface area contributed by atoms with E-state index in [9.17, 15) is 4.79 Å². The summed E-state index contributed by atoms with van der Waals surface area (Å²) in [6, 6.07) is -0.767. The molecule has 4 N–H and O–H groups in total. The average molecular weight is 158 g/mol. The Morgan fingerprint density at radius 2 is 2.36 bits per heavy atom. The standard InChI is InChI=1S/C7H14N2O2/c8-6(7(10)11)5-3-1-2-4-9-5/h5-6,9H,1-4,8H2,(H,10,11)/t5-,6+/m0/s1. The van der Waals surface area contributed by atoms with Gasteiger partial charge in [-0.15, -0.1) is 0 Å². The minimum atomic E-state index is -0.913. The first-order valence-corrected chi connectivity index (χ1v) is 3.93. The van der Waals surface area contributed by atoms with Crippen LogP contribution in [0.3, 0.4) is 0 Å². The fraction of sp³-hybridized carbons (Fsp3) is 0.857.